The molecule has 1 N–H and O–H groups in total. The number of rotatable bonds is 6. The van der Waals surface area contributed by atoms with Crippen LogP contribution in [-0.4, -0.2) is 26.2 Å². The number of halogens is 1. The van der Waals surface area contributed by atoms with Gasteiger partial charge >= 0.3 is 0 Å². The molecule has 6 heteroatoms. The van der Waals surface area contributed by atoms with Crippen molar-refractivity contribution < 1.29 is 4.79 Å². The molecular formula is C24H27ClN4O. The van der Waals surface area contributed by atoms with E-state index in [9.17, 15) is 4.79 Å². The summed E-state index contributed by atoms with van der Waals surface area (Å²) in [5, 5.41) is 8.32. The van der Waals surface area contributed by atoms with Crippen molar-refractivity contribution in [2.45, 2.75) is 52.1 Å². The molecule has 0 aliphatic heterocycles. The average molecular weight is 423 g/mol. The minimum atomic E-state index is -0.222. The Hall–Kier alpha value is -2.66. The highest BCUT2D eigenvalue weighted by molar-refractivity contribution is 6.30. The number of carbonyl (C=O) groups is 1. The first-order valence-corrected chi connectivity index (χ1v) is 10.8. The van der Waals surface area contributed by atoms with Crippen molar-refractivity contribution in [2.75, 3.05) is 0 Å². The van der Waals surface area contributed by atoms with Gasteiger partial charge in [-0.15, -0.1) is 0 Å². The van der Waals surface area contributed by atoms with E-state index in [4.69, 9.17) is 16.6 Å². The van der Waals surface area contributed by atoms with Crippen LogP contribution in [0, 0.1) is 5.92 Å². The molecule has 30 heavy (non-hydrogen) atoms. The second-order valence-corrected chi connectivity index (χ2v) is 9.27. The van der Waals surface area contributed by atoms with E-state index in [0.29, 0.717) is 16.5 Å². The summed E-state index contributed by atoms with van der Waals surface area (Å²) in [6.45, 7) is 8.34. The van der Waals surface area contributed by atoms with Crippen LogP contribution in [-0.2, 0) is 0 Å². The van der Waals surface area contributed by atoms with Crippen LogP contribution in [0.3, 0.4) is 0 Å². The van der Waals surface area contributed by atoms with Crippen LogP contribution in [0.4, 0.5) is 0 Å². The molecule has 1 aromatic carbocycles. The lowest BCUT2D eigenvalue weighted by molar-refractivity contribution is 0.0903. The minimum Gasteiger partial charge on any atom is -0.347 e. The number of nitrogens with zero attached hydrogens (tertiary/aromatic N) is 3. The van der Waals surface area contributed by atoms with Gasteiger partial charge in [0.2, 0.25) is 0 Å². The highest BCUT2D eigenvalue weighted by Gasteiger charge is 2.39. The maximum Gasteiger partial charge on any atom is 0.251 e. The lowest BCUT2D eigenvalue weighted by Crippen LogP contribution is -2.45. The normalized spacial score (nSPS) is 14.2. The van der Waals surface area contributed by atoms with Crippen LogP contribution in [0.25, 0.3) is 22.6 Å². The number of aromatic nitrogens is 3. The van der Waals surface area contributed by atoms with E-state index in [1.54, 1.807) is 6.20 Å². The van der Waals surface area contributed by atoms with E-state index in [1.807, 2.05) is 47.1 Å². The molecule has 3 aromatic rings. The van der Waals surface area contributed by atoms with Crippen molar-refractivity contribution in [3.05, 3.63) is 59.2 Å². The first-order valence-electron chi connectivity index (χ1n) is 10.4. The molecule has 0 radical (unpaired) electrons. The van der Waals surface area contributed by atoms with Crippen molar-refractivity contribution in [3.8, 4) is 22.6 Å². The van der Waals surface area contributed by atoms with Crippen molar-refractivity contribution in [1.82, 2.24) is 20.1 Å². The van der Waals surface area contributed by atoms with Gasteiger partial charge in [0, 0.05) is 33.9 Å². The van der Waals surface area contributed by atoms with Crippen LogP contribution >= 0.6 is 11.6 Å². The van der Waals surface area contributed by atoms with Crippen LogP contribution in [0.15, 0.2) is 48.7 Å². The summed E-state index contributed by atoms with van der Waals surface area (Å²) in [5.74, 6) is 0.460. The molecule has 1 aliphatic rings. The molecule has 0 unspecified atom stereocenters. The third-order valence-corrected chi connectivity index (χ3v) is 5.94. The number of carbonyl (C=O) groups excluding carboxylic acids is 1. The Labute approximate surface area is 182 Å². The predicted octanol–water partition coefficient (Wildman–Crippen LogP) is 5.76. The Morgan fingerprint density at radius 3 is 2.43 bits per heavy atom. The van der Waals surface area contributed by atoms with Crippen LogP contribution < -0.4 is 5.32 Å². The predicted molar refractivity (Wildman–Crippen MR) is 121 cm³/mol. The SMILES string of the molecule is CC(C)n1nccc1-c1cc(C(=O)NC(C)(C)C2CC2)cc(-c2ccc(Cl)cc2)n1. The second kappa shape index (κ2) is 7.88. The maximum absolute atomic E-state index is 13.2. The standard InChI is InChI=1S/C24H27ClN4O/c1-15(2)29-22(11-12-26-29)21-14-17(23(30)28-24(3,4)18-7-8-18)13-20(27-21)16-5-9-19(25)10-6-16/h5-6,9-15,18H,7-8H2,1-4H3,(H,28,30). The number of benzene rings is 1. The van der Waals surface area contributed by atoms with E-state index in [0.717, 1.165) is 22.6 Å². The fourth-order valence-corrected chi connectivity index (χ4v) is 3.89. The smallest absolute Gasteiger partial charge is 0.251 e. The van der Waals surface area contributed by atoms with E-state index in [1.165, 1.54) is 12.8 Å². The molecule has 0 atom stereocenters. The molecule has 0 bridgehead atoms. The van der Waals surface area contributed by atoms with Gasteiger partial charge in [0.15, 0.2) is 0 Å². The number of nitrogens with one attached hydrogen (secondary N) is 1. The van der Waals surface area contributed by atoms with Crippen molar-refractivity contribution in [1.29, 1.82) is 0 Å². The number of pyridine rings is 1. The van der Waals surface area contributed by atoms with E-state index in [-0.39, 0.29) is 17.5 Å². The summed E-state index contributed by atoms with van der Waals surface area (Å²) in [6, 6.07) is 13.3. The topological polar surface area (TPSA) is 59.8 Å². The molecular weight excluding hydrogens is 396 g/mol. The Kier molecular flexibility index (Phi) is 5.41. The van der Waals surface area contributed by atoms with Gasteiger partial charge in [0.25, 0.3) is 5.91 Å². The molecule has 156 valence electrons. The van der Waals surface area contributed by atoms with E-state index in [2.05, 4.69) is 38.1 Å². The molecule has 2 aromatic heterocycles. The highest BCUT2D eigenvalue weighted by Crippen LogP contribution is 2.39. The Balaban J connectivity index is 1.78. The fourth-order valence-electron chi connectivity index (χ4n) is 3.76. The molecule has 2 heterocycles. The van der Waals surface area contributed by atoms with Crippen LogP contribution in [0.5, 0.6) is 0 Å². The van der Waals surface area contributed by atoms with Gasteiger partial charge in [-0.05, 0) is 76.8 Å². The van der Waals surface area contributed by atoms with E-state index < -0.39 is 0 Å². The fraction of sp³-hybridized carbons (Fsp3) is 0.375. The van der Waals surface area contributed by atoms with Gasteiger partial charge in [-0.2, -0.15) is 5.10 Å². The van der Waals surface area contributed by atoms with Gasteiger partial charge in [0.05, 0.1) is 17.1 Å². The summed E-state index contributed by atoms with van der Waals surface area (Å²) in [5.41, 5.74) is 3.62. The lowest BCUT2D eigenvalue weighted by atomic mass is 9.97. The zero-order chi connectivity index (χ0) is 21.5. The number of hydrogen-bond donors (Lipinski definition) is 1. The van der Waals surface area contributed by atoms with Crippen molar-refractivity contribution in [2.24, 2.45) is 5.92 Å². The average Bonchev–Trinajstić information content (AvgIpc) is 3.45. The largest absolute Gasteiger partial charge is 0.347 e. The summed E-state index contributed by atoms with van der Waals surface area (Å²) < 4.78 is 1.92. The lowest BCUT2D eigenvalue weighted by Gasteiger charge is -2.26. The Morgan fingerprint density at radius 1 is 1.13 bits per heavy atom. The molecule has 5 nitrogen and oxygen atoms in total. The van der Waals surface area contributed by atoms with Gasteiger partial charge in [0.1, 0.15) is 0 Å². The third kappa shape index (κ3) is 4.26. The Morgan fingerprint density at radius 2 is 1.80 bits per heavy atom. The van der Waals surface area contributed by atoms with Gasteiger partial charge in [-0.3, -0.25) is 9.48 Å². The van der Waals surface area contributed by atoms with Gasteiger partial charge in [-0.25, -0.2) is 4.98 Å². The summed E-state index contributed by atoms with van der Waals surface area (Å²) in [4.78, 5) is 18.0. The molecule has 0 spiro atoms. The third-order valence-electron chi connectivity index (χ3n) is 5.68. The number of hydrogen-bond acceptors (Lipinski definition) is 3. The summed E-state index contributed by atoms with van der Waals surface area (Å²) >= 11 is 6.06. The zero-order valence-electron chi connectivity index (χ0n) is 17.8. The molecule has 0 saturated heterocycles. The molecule has 4 rings (SSSR count). The summed E-state index contributed by atoms with van der Waals surface area (Å²) in [6.07, 6.45) is 4.10. The van der Waals surface area contributed by atoms with Gasteiger partial charge < -0.3 is 5.32 Å². The van der Waals surface area contributed by atoms with Gasteiger partial charge in [-0.1, -0.05) is 23.7 Å². The summed E-state index contributed by atoms with van der Waals surface area (Å²) in [7, 11) is 0. The van der Waals surface area contributed by atoms with Crippen LogP contribution in [0.2, 0.25) is 5.02 Å². The number of amides is 1. The molecule has 1 amide bonds. The first kappa shape index (κ1) is 20.6. The van der Waals surface area contributed by atoms with Crippen LogP contribution in [0.1, 0.15) is 56.9 Å². The van der Waals surface area contributed by atoms with E-state index >= 15 is 0 Å². The maximum atomic E-state index is 13.2. The monoisotopic (exact) mass is 422 g/mol. The molecule has 1 fully saturated rings. The highest BCUT2D eigenvalue weighted by atomic mass is 35.5. The quantitative estimate of drug-likeness (QED) is 0.548. The second-order valence-electron chi connectivity index (χ2n) is 8.84. The molecule has 1 aliphatic carbocycles. The zero-order valence-corrected chi connectivity index (χ0v) is 18.6. The molecule has 1 saturated carbocycles. The van der Waals surface area contributed by atoms with Crippen molar-refractivity contribution >= 4 is 17.5 Å². The Bertz CT molecular complexity index is 1070. The van der Waals surface area contributed by atoms with Crippen molar-refractivity contribution in [3.63, 3.8) is 0 Å². The minimum absolute atomic E-state index is 0.0821. The first-order chi connectivity index (χ1) is 14.2.